The van der Waals surface area contributed by atoms with Crippen LogP contribution in [0.5, 0.6) is 0 Å². The third-order valence-electron chi connectivity index (χ3n) is 2.58. The minimum absolute atomic E-state index is 0.168. The number of anilines is 2. The summed E-state index contributed by atoms with van der Waals surface area (Å²) < 4.78 is 13.0. The van der Waals surface area contributed by atoms with E-state index >= 15 is 0 Å². The molecular weight excluding hydrogens is 179 g/mol. The normalized spacial score (nSPS) is 20.2. The molecule has 0 fully saturated rings. The van der Waals surface area contributed by atoms with Crippen molar-refractivity contribution in [1.82, 2.24) is 0 Å². The van der Waals surface area contributed by atoms with E-state index in [1.807, 2.05) is 6.07 Å². The number of likely N-dealkylation sites (N-methyl/N-ethyl adjacent to an activating group) is 1. The fraction of sp³-hybridized carbons (Fsp3) is 0.455. The number of rotatable bonds is 1. The second kappa shape index (κ2) is 3.48. The summed E-state index contributed by atoms with van der Waals surface area (Å²) in [6.07, 6.45) is 0. The molecule has 1 aliphatic rings. The second-order valence-electron chi connectivity index (χ2n) is 3.75. The molecule has 0 saturated carbocycles. The van der Waals surface area contributed by atoms with E-state index in [0.717, 1.165) is 24.5 Å². The maximum Gasteiger partial charge on any atom is 0.125 e. The average molecular weight is 194 g/mol. The van der Waals surface area contributed by atoms with Crippen molar-refractivity contribution in [3.63, 3.8) is 0 Å². The number of halogens is 1. The zero-order valence-corrected chi connectivity index (χ0v) is 8.55. The highest BCUT2D eigenvalue weighted by Gasteiger charge is 2.19. The fourth-order valence-corrected chi connectivity index (χ4v) is 1.93. The minimum Gasteiger partial charge on any atom is -0.379 e. The van der Waals surface area contributed by atoms with Crippen LogP contribution in [0.2, 0.25) is 0 Å². The fourth-order valence-electron chi connectivity index (χ4n) is 1.93. The lowest BCUT2D eigenvalue weighted by atomic mass is 10.1. The Morgan fingerprint density at radius 2 is 2.36 bits per heavy atom. The Hall–Kier alpha value is -1.25. The maximum atomic E-state index is 13.0. The highest BCUT2D eigenvalue weighted by atomic mass is 19.1. The summed E-state index contributed by atoms with van der Waals surface area (Å²) in [5.74, 6) is -0.168. The molecule has 2 rings (SSSR count). The van der Waals surface area contributed by atoms with Crippen molar-refractivity contribution in [2.75, 3.05) is 23.3 Å². The number of hydrogen-bond acceptors (Lipinski definition) is 2. The van der Waals surface area contributed by atoms with Gasteiger partial charge < -0.3 is 10.2 Å². The molecule has 0 saturated heterocycles. The predicted octanol–water partition coefficient (Wildman–Crippen LogP) is 2.47. The van der Waals surface area contributed by atoms with Gasteiger partial charge in [0.2, 0.25) is 0 Å². The van der Waals surface area contributed by atoms with Crippen LogP contribution in [0.15, 0.2) is 18.2 Å². The van der Waals surface area contributed by atoms with Crippen molar-refractivity contribution >= 4 is 11.4 Å². The maximum absolute atomic E-state index is 13.0. The first-order valence-corrected chi connectivity index (χ1v) is 5.01. The Labute approximate surface area is 83.7 Å². The van der Waals surface area contributed by atoms with Gasteiger partial charge in [-0.05, 0) is 32.0 Å². The van der Waals surface area contributed by atoms with Gasteiger partial charge in [0.05, 0.1) is 11.4 Å². The highest BCUT2D eigenvalue weighted by Crippen LogP contribution is 2.30. The smallest absolute Gasteiger partial charge is 0.125 e. The molecule has 1 N–H and O–H groups in total. The molecule has 3 heteroatoms. The molecule has 0 radical (unpaired) electrons. The summed E-state index contributed by atoms with van der Waals surface area (Å²) in [6, 6.07) is 5.33. The zero-order valence-electron chi connectivity index (χ0n) is 8.55. The quantitative estimate of drug-likeness (QED) is 0.738. The SMILES string of the molecule is CCN1CC(C)Nc2ccc(F)cc21. The molecule has 1 aromatic rings. The molecule has 1 aromatic carbocycles. The molecule has 1 aliphatic heterocycles. The zero-order chi connectivity index (χ0) is 10.1. The Kier molecular flexibility index (Phi) is 2.32. The molecule has 0 amide bonds. The number of benzene rings is 1. The molecule has 0 bridgehead atoms. The van der Waals surface area contributed by atoms with Crippen LogP contribution >= 0.6 is 0 Å². The van der Waals surface area contributed by atoms with E-state index < -0.39 is 0 Å². The third-order valence-corrected chi connectivity index (χ3v) is 2.58. The molecule has 0 spiro atoms. The Balaban J connectivity index is 2.41. The van der Waals surface area contributed by atoms with Gasteiger partial charge in [-0.15, -0.1) is 0 Å². The van der Waals surface area contributed by atoms with Crippen LogP contribution in [0.3, 0.4) is 0 Å². The first-order chi connectivity index (χ1) is 6.70. The van der Waals surface area contributed by atoms with Crippen LogP contribution in [0.4, 0.5) is 15.8 Å². The molecular formula is C11H15FN2. The average Bonchev–Trinajstić information content (AvgIpc) is 2.17. The number of nitrogens with zero attached hydrogens (tertiary/aromatic N) is 1. The van der Waals surface area contributed by atoms with E-state index in [1.54, 1.807) is 6.07 Å². The highest BCUT2D eigenvalue weighted by molar-refractivity contribution is 5.72. The van der Waals surface area contributed by atoms with Crippen molar-refractivity contribution in [3.8, 4) is 0 Å². The first-order valence-electron chi connectivity index (χ1n) is 5.01. The molecule has 1 heterocycles. The third kappa shape index (κ3) is 1.54. The van der Waals surface area contributed by atoms with E-state index in [2.05, 4.69) is 24.1 Å². The number of fused-ring (bicyclic) bond motifs is 1. The van der Waals surface area contributed by atoms with E-state index in [9.17, 15) is 4.39 Å². The van der Waals surface area contributed by atoms with Gasteiger partial charge >= 0.3 is 0 Å². The summed E-state index contributed by atoms with van der Waals surface area (Å²) in [5, 5.41) is 3.34. The molecule has 1 unspecified atom stereocenters. The van der Waals surface area contributed by atoms with Gasteiger partial charge in [0.1, 0.15) is 5.82 Å². The molecule has 1 atom stereocenters. The van der Waals surface area contributed by atoms with E-state index in [0.29, 0.717) is 6.04 Å². The van der Waals surface area contributed by atoms with E-state index in [-0.39, 0.29) is 5.82 Å². The van der Waals surface area contributed by atoms with E-state index in [4.69, 9.17) is 0 Å². The van der Waals surface area contributed by atoms with Gasteiger partial charge in [0.15, 0.2) is 0 Å². The molecule has 76 valence electrons. The summed E-state index contributed by atoms with van der Waals surface area (Å²) in [5.41, 5.74) is 2.01. The Bertz CT molecular complexity index is 338. The van der Waals surface area contributed by atoms with Crippen molar-refractivity contribution in [1.29, 1.82) is 0 Å². The van der Waals surface area contributed by atoms with Crippen LogP contribution in [-0.4, -0.2) is 19.1 Å². The van der Waals surface area contributed by atoms with Crippen molar-refractivity contribution in [2.24, 2.45) is 0 Å². The lowest BCUT2D eigenvalue weighted by molar-refractivity contribution is 0.623. The molecule has 2 nitrogen and oxygen atoms in total. The van der Waals surface area contributed by atoms with Gasteiger partial charge in [-0.1, -0.05) is 0 Å². The minimum atomic E-state index is -0.168. The van der Waals surface area contributed by atoms with Crippen LogP contribution in [0, 0.1) is 5.82 Å². The largest absolute Gasteiger partial charge is 0.379 e. The van der Waals surface area contributed by atoms with Gasteiger partial charge in [-0.2, -0.15) is 0 Å². The van der Waals surface area contributed by atoms with Crippen LogP contribution in [0.25, 0.3) is 0 Å². The molecule has 14 heavy (non-hydrogen) atoms. The summed E-state index contributed by atoms with van der Waals surface area (Å²) in [7, 11) is 0. The van der Waals surface area contributed by atoms with Gasteiger partial charge in [0.25, 0.3) is 0 Å². The summed E-state index contributed by atoms with van der Waals surface area (Å²) >= 11 is 0. The topological polar surface area (TPSA) is 15.3 Å². The van der Waals surface area contributed by atoms with E-state index in [1.165, 1.54) is 6.07 Å². The van der Waals surface area contributed by atoms with Crippen molar-refractivity contribution in [2.45, 2.75) is 19.9 Å². The van der Waals surface area contributed by atoms with Crippen molar-refractivity contribution < 1.29 is 4.39 Å². The van der Waals surface area contributed by atoms with Gasteiger partial charge in [-0.3, -0.25) is 0 Å². The van der Waals surface area contributed by atoms with Crippen LogP contribution < -0.4 is 10.2 Å². The molecule has 0 aromatic heterocycles. The predicted molar refractivity (Wildman–Crippen MR) is 57.4 cm³/mol. The Morgan fingerprint density at radius 1 is 1.57 bits per heavy atom. The van der Waals surface area contributed by atoms with Crippen LogP contribution in [-0.2, 0) is 0 Å². The lowest BCUT2D eigenvalue weighted by Crippen LogP contribution is -2.39. The van der Waals surface area contributed by atoms with Gasteiger partial charge in [0, 0.05) is 19.1 Å². The number of hydrogen-bond donors (Lipinski definition) is 1. The summed E-state index contributed by atoms with van der Waals surface area (Å²) in [4.78, 5) is 2.19. The second-order valence-corrected chi connectivity index (χ2v) is 3.75. The monoisotopic (exact) mass is 194 g/mol. The first kappa shape index (κ1) is 9.31. The lowest BCUT2D eigenvalue weighted by Gasteiger charge is -2.35. The summed E-state index contributed by atoms with van der Waals surface area (Å²) in [6.45, 7) is 6.08. The van der Waals surface area contributed by atoms with Gasteiger partial charge in [-0.25, -0.2) is 4.39 Å². The van der Waals surface area contributed by atoms with Crippen LogP contribution in [0.1, 0.15) is 13.8 Å². The number of nitrogens with one attached hydrogen (secondary N) is 1. The standard InChI is InChI=1S/C11H15FN2/c1-3-14-7-8(2)13-10-5-4-9(12)6-11(10)14/h4-6,8,13H,3,7H2,1-2H3. The Morgan fingerprint density at radius 3 is 3.07 bits per heavy atom. The van der Waals surface area contributed by atoms with Crippen molar-refractivity contribution in [3.05, 3.63) is 24.0 Å². The molecule has 0 aliphatic carbocycles.